The number of likely N-dealkylation sites (tertiary alicyclic amines) is 1. The minimum Gasteiger partial charge on any atom is -0.329 e. The van der Waals surface area contributed by atoms with Crippen molar-refractivity contribution in [1.82, 2.24) is 9.80 Å². The number of benzene rings is 1. The fourth-order valence-electron chi connectivity index (χ4n) is 3.10. The number of piperidine rings is 1. The Morgan fingerprint density at radius 2 is 2.05 bits per heavy atom. The molecular weight excluding hydrogens is 270 g/mol. The van der Waals surface area contributed by atoms with Gasteiger partial charge in [0.25, 0.3) is 0 Å². The average molecular weight is 296 g/mol. The lowest BCUT2D eigenvalue weighted by Gasteiger charge is -2.47. The van der Waals surface area contributed by atoms with Crippen LogP contribution in [0.1, 0.15) is 25.3 Å². The van der Waals surface area contributed by atoms with Crippen molar-refractivity contribution >= 4 is 11.6 Å². The van der Waals surface area contributed by atoms with Crippen LogP contribution in [0.4, 0.5) is 0 Å². The van der Waals surface area contributed by atoms with Crippen molar-refractivity contribution < 1.29 is 0 Å². The molecule has 0 spiro atoms. The van der Waals surface area contributed by atoms with Gasteiger partial charge in [0.2, 0.25) is 0 Å². The van der Waals surface area contributed by atoms with Gasteiger partial charge in [-0.15, -0.1) is 0 Å². The quantitative estimate of drug-likeness (QED) is 0.906. The monoisotopic (exact) mass is 295 g/mol. The number of halogens is 1. The van der Waals surface area contributed by atoms with E-state index >= 15 is 0 Å². The zero-order chi connectivity index (χ0) is 14.6. The van der Waals surface area contributed by atoms with Crippen LogP contribution in [0.5, 0.6) is 0 Å². The summed E-state index contributed by atoms with van der Waals surface area (Å²) in [4.78, 5) is 4.92. The van der Waals surface area contributed by atoms with Gasteiger partial charge in [0, 0.05) is 23.7 Å². The van der Waals surface area contributed by atoms with Gasteiger partial charge >= 0.3 is 0 Å². The molecule has 0 aromatic heterocycles. The summed E-state index contributed by atoms with van der Waals surface area (Å²) in [5.74, 6) is 0. The second-order valence-corrected chi connectivity index (χ2v) is 6.29. The van der Waals surface area contributed by atoms with E-state index in [2.05, 4.69) is 29.8 Å². The van der Waals surface area contributed by atoms with Crippen LogP contribution in [0.2, 0.25) is 5.02 Å². The molecule has 3 nitrogen and oxygen atoms in total. The van der Waals surface area contributed by atoms with Crippen molar-refractivity contribution in [2.45, 2.75) is 31.8 Å². The summed E-state index contributed by atoms with van der Waals surface area (Å²) < 4.78 is 0. The van der Waals surface area contributed by atoms with Crippen LogP contribution in [0.25, 0.3) is 0 Å². The van der Waals surface area contributed by atoms with Gasteiger partial charge < -0.3 is 10.6 Å². The Morgan fingerprint density at radius 1 is 1.35 bits per heavy atom. The lowest BCUT2D eigenvalue weighted by molar-refractivity contribution is 0.0419. The van der Waals surface area contributed by atoms with Crippen molar-refractivity contribution in [3.8, 4) is 0 Å². The summed E-state index contributed by atoms with van der Waals surface area (Å²) >= 11 is 6.07. The molecule has 112 valence electrons. The van der Waals surface area contributed by atoms with Crippen LogP contribution >= 0.6 is 11.6 Å². The molecule has 20 heavy (non-hydrogen) atoms. The Balaban J connectivity index is 2.04. The first-order valence-electron chi connectivity index (χ1n) is 7.48. The van der Waals surface area contributed by atoms with Gasteiger partial charge in [-0.2, -0.15) is 0 Å². The molecule has 0 saturated carbocycles. The summed E-state index contributed by atoms with van der Waals surface area (Å²) in [5.41, 5.74) is 7.51. The Kier molecular flexibility index (Phi) is 5.44. The Morgan fingerprint density at radius 3 is 2.60 bits per heavy atom. The number of nitrogens with two attached hydrogens (primary N) is 1. The molecule has 4 heteroatoms. The molecule has 1 aromatic carbocycles. The van der Waals surface area contributed by atoms with Crippen LogP contribution in [0.3, 0.4) is 0 Å². The van der Waals surface area contributed by atoms with Gasteiger partial charge in [0.1, 0.15) is 0 Å². The fraction of sp³-hybridized carbons (Fsp3) is 0.625. The number of rotatable bonds is 5. The smallest absolute Gasteiger partial charge is 0.0409 e. The molecule has 0 amide bonds. The third kappa shape index (κ3) is 3.53. The number of hydrogen-bond acceptors (Lipinski definition) is 3. The van der Waals surface area contributed by atoms with E-state index < -0.39 is 0 Å². The molecule has 2 rings (SSSR count). The summed E-state index contributed by atoms with van der Waals surface area (Å²) in [6.45, 7) is 7.29. The zero-order valence-corrected chi connectivity index (χ0v) is 13.4. The molecule has 1 aliphatic rings. The van der Waals surface area contributed by atoms with Gasteiger partial charge in [-0.25, -0.2) is 0 Å². The van der Waals surface area contributed by atoms with E-state index in [0.29, 0.717) is 0 Å². The molecule has 0 unspecified atom stereocenters. The molecule has 0 bridgehead atoms. The first-order valence-corrected chi connectivity index (χ1v) is 7.85. The van der Waals surface area contributed by atoms with Crippen molar-refractivity contribution in [2.75, 3.05) is 33.2 Å². The molecule has 0 radical (unpaired) electrons. The normalized spacial score (nSPS) is 19.4. The summed E-state index contributed by atoms with van der Waals surface area (Å²) in [6.07, 6.45) is 2.29. The predicted molar refractivity (Wildman–Crippen MR) is 86.1 cm³/mol. The molecule has 1 fully saturated rings. The third-order valence-corrected chi connectivity index (χ3v) is 4.97. The largest absolute Gasteiger partial charge is 0.329 e. The first kappa shape index (κ1) is 15.8. The van der Waals surface area contributed by atoms with Gasteiger partial charge in [-0.3, -0.25) is 4.90 Å². The second kappa shape index (κ2) is 6.90. The van der Waals surface area contributed by atoms with E-state index in [0.717, 1.165) is 50.6 Å². The standard InChI is InChI=1S/C16H26ClN3/c1-3-20-9-7-16(13-18,8-10-20)19(2)12-14-5-4-6-15(17)11-14/h4-6,11H,3,7-10,12-13,18H2,1-2H3. The van der Waals surface area contributed by atoms with Gasteiger partial charge in [0.15, 0.2) is 0 Å². The van der Waals surface area contributed by atoms with E-state index in [-0.39, 0.29) is 5.54 Å². The first-order chi connectivity index (χ1) is 9.59. The fourth-order valence-corrected chi connectivity index (χ4v) is 3.32. The molecule has 1 heterocycles. The van der Waals surface area contributed by atoms with Crippen molar-refractivity contribution in [2.24, 2.45) is 5.73 Å². The Bertz CT molecular complexity index is 427. The highest BCUT2D eigenvalue weighted by Crippen LogP contribution is 2.28. The third-order valence-electron chi connectivity index (χ3n) is 4.73. The van der Waals surface area contributed by atoms with Crippen LogP contribution in [0, 0.1) is 0 Å². The maximum atomic E-state index is 6.12. The lowest BCUT2D eigenvalue weighted by Crippen LogP contribution is -2.57. The highest BCUT2D eigenvalue weighted by Gasteiger charge is 2.36. The molecule has 1 aliphatic heterocycles. The van der Waals surface area contributed by atoms with Crippen LogP contribution in [-0.4, -0.2) is 48.6 Å². The van der Waals surface area contributed by atoms with E-state index in [1.54, 1.807) is 0 Å². The Hall–Kier alpha value is -0.610. The topological polar surface area (TPSA) is 32.5 Å². The highest BCUT2D eigenvalue weighted by molar-refractivity contribution is 6.30. The molecule has 0 aliphatic carbocycles. The summed E-state index contributed by atoms with van der Waals surface area (Å²) in [5, 5.41) is 0.804. The van der Waals surface area contributed by atoms with Gasteiger partial charge in [-0.1, -0.05) is 30.7 Å². The second-order valence-electron chi connectivity index (χ2n) is 5.85. The van der Waals surface area contributed by atoms with Crippen molar-refractivity contribution in [3.05, 3.63) is 34.9 Å². The molecular formula is C16H26ClN3. The number of hydrogen-bond donors (Lipinski definition) is 1. The Labute approximate surface area is 127 Å². The van der Waals surface area contributed by atoms with E-state index in [9.17, 15) is 0 Å². The molecule has 2 N–H and O–H groups in total. The number of nitrogens with zero attached hydrogens (tertiary/aromatic N) is 2. The van der Waals surface area contributed by atoms with Gasteiger partial charge in [-0.05, 0) is 57.2 Å². The van der Waals surface area contributed by atoms with Crippen LogP contribution < -0.4 is 5.73 Å². The van der Waals surface area contributed by atoms with E-state index in [1.165, 1.54) is 5.56 Å². The van der Waals surface area contributed by atoms with Crippen molar-refractivity contribution in [1.29, 1.82) is 0 Å². The molecule has 1 aromatic rings. The minimum atomic E-state index is 0.133. The maximum Gasteiger partial charge on any atom is 0.0409 e. The van der Waals surface area contributed by atoms with E-state index in [4.69, 9.17) is 17.3 Å². The zero-order valence-electron chi connectivity index (χ0n) is 12.6. The SMILES string of the molecule is CCN1CCC(CN)(N(C)Cc2cccc(Cl)c2)CC1. The van der Waals surface area contributed by atoms with Gasteiger partial charge in [0.05, 0.1) is 0 Å². The summed E-state index contributed by atoms with van der Waals surface area (Å²) in [7, 11) is 2.19. The number of likely N-dealkylation sites (N-methyl/N-ethyl adjacent to an activating group) is 1. The highest BCUT2D eigenvalue weighted by atomic mass is 35.5. The minimum absolute atomic E-state index is 0.133. The predicted octanol–water partition coefficient (Wildman–Crippen LogP) is 2.59. The molecule has 0 atom stereocenters. The maximum absolute atomic E-state index is 6.12. The average Bonchev–Trinajstić information content (AvgIpc) is 2.47. The van der Waals surface area contributed by atoms with Crippen LogP contribution in [0.15, 0.2) is 24.3 Å². The van der Waals surface area contributed by atoms with Crippen molar-refractivity contribution in [3.63, 3.8) is 0 Å². The van der Waals surface area contributed by atoms with Crippen LogP contribution in [-0.2, 0) is 6.54 Å². The molecule has 1 saturated heterocycles. The summed E-state index contributed by atoms with van der Waals surface area (Å²) in [6, 6.07) is 8.11. The lowest BCUT2D eigenvalue weighted by atomic mass is 9.85. The van der Waals surface area contributed by atoms with E-state index in [1.807, 2.05) is 18.2 Å².